The highest BCUT2D eigenvalue weighted by molar-refractivity contribution is 5.79. The average molecular weight is 198 g/mol. The highest BCUT2D eigenvalue weighted by atomic mass is 16.2. The summed E-state index contributed by atoms with van der Waals surface area (Å²) in [4.78, 5) is 14.0. The van der Waals surface area contributed by atoms with Crippen molar-refractivity contribution in [2.75, 3.05) is 6.54 Å². The molecule has 2 N–H and O–H groups in total. The number of rotatable bonds is 3. The van der Waals surface area contributed by atoms with Gasteiger partial charge in [-0.05, 0) is 26.2 Å². The molecular formula is C11H22N2O. The minimum Gasteiger partial charge on any atom is -0.339 e. The molecule has 0 radical (unpaired) electrons. The van der Waals surface area contributed by atoms with Crippen LogP contribution >= 0.6 is 0 Å². The largest absolute Gasteiger partial charge is 0.339 e. The molecule has 1 saturated heterocycles. The predicted octanol–water partition coefficient (Wildman–Crippen LogP) is 1.37. The summed E-state index contributed by atoms with van der Waals surface area (Å²) in [6.45, 7) is 6.90. The van der Waals surface area contributed by atoms with Gasteiger partial charge < -0.3 is 10.6 Å². The van der Waals surface area contributed by atoms with Crippen LogP contribution in [-0.2, 0) is 4.79 Å². The lowest BCUT2D eigenvalue weighted by Crippen LogP contribution is -2.43. The summed E-state index contributed by atoms with van der Waals surface area (Å²) in [7, 11) is 0. The SMILES string of the molecule is CCC1CCCN1C(=O)C(C)C(C)N. The summed E-state index contributed by atoms with van der Waals surface area (Å²) < 4.78 is 0. The van der Waals surface area contributed by atoms with Crippen molar-refractivity contribution < 1.29 is 4.79 Å². The molecule has 0 bridgehead atoms. The van der Waals surface area contributed by atoms with Gasteiger partial charge in [-0.3, -0.25) is 4.79 Å². The first-order chi connectivity index (χ1) is 6.57. The Morgan fingerprint density at radius 1 is 1.57 bits per heavy atom. The van der Waals surface area contributed by atoms with Crippen LogP contribution < -0.4 is 5.73 Å². The van der Waals surface area contributed by atoms with Gasteiger partial charge in [0, 0.05) is 18.6 Å². The molecular weight excluding hydrogens is 176 g/mol. The van der Waals surface area contributed by atoms with Crippen LogP contribution in [0.25, 0.3) is 0 Å². The van der Waals surface area contributed by atoms with Crippen molar-refractivity contribution in [1.82, 2.24) is 4.90 Å². The van der Waals surface area contributed by atoms with Crippen LogP contribution in [0, 0.1) is 5.92 Å². The number of carbonyl (C=O) groups excluding carboxylic acids is 1. The van der Waals surface area contributed by atoms with Crippen molar-refractivity contribution in [3.63, 3.8) is 0 Å². The first-order valence-electron chi connectivity index (χ1n) is 5.64. The fourth-order valence-corrected chi connectivity index (χ4v) is 2.04. The van der Waals surface area contributed by atoms with E-state index < -0.39 is 0 Å². The topological polar surface area (TPSA) is 46.3 Å². The lowest BCUT2D eigenvalue weighted by atomic mass is 10.0. The lowest BCUT2D eigenvalue weighted by Gasteiger charge is -2.28. The maximum absolute atomic E-state index is 12.0. The molecule has 1 rings (SSSR count). The Balaban J connectivity index is 2.59. The standard InChI is InChI=1S/C11H22N2O/c1-4-10-6-5-7-13(10)11(14)8(2)9(3)12/h8-10H,4-7,12H2,1-3H3. The second kappa shape index (κ2) is 4.78. The van der Waals surface area contributed by atoms with E-state index >= 15 is 0 Å². The third-order valence-corrected chi connectivity index (χ3v) is 3.31. The number of hydrogen-bond acceptors (Lipinski definition) is 2. The van der Waals surface area contributed by atoms with Crippen LogP contribution in [0.3, 0.4) is 0 Å². The Morgan fingerprint density at radius 2 is 2.21 bits per heavy atom. The van der Waals surface area contributed by atoms with Crippen LogP contribution in [0.5, 0.6) is 0 Å². The summed E-state index contributed by atoms with van der Waals surface area (Å²) in [5.41, 5.74) is 5.74. The van der Waals surface area contributed by atoms with Gasteiger partial charge in [0.2, 0.25) is 5.91 Å². The molecule has 0 spiro atoms. The van der Waals surface area contributed by atoms with Crippen LogP contribution in [-0.4, -0.2) is 29.4 Å². The third kappa shape index (κ3) is 2.27. The fraction of sp³-hybridized carbons (Fsp3) is 0.909. The molecule has 0 aromatic heterocycles. The molecule has 0 saturated carbocycles. The first kappa shape index (κ1) is 11.5. The molecule has 3 heteroatoms. The van der Waals surface area contributed by atoms with E-state index in [-0.39, 0.29) is 17.9 Å². The summed E-state index contributed by atoms with van der Waals surface area (Å²) in [5.74, 6) is 0.200. The minimum atomic E-state index is -0.0411. The van der Waals surface area contributed by atoms with Crippen molar-refractivity contribution in [2.24, 2.45) is 11.7 Å². The lowest BCUT2D eigenvalue weighted by molar-refractivity contribution is -0.136. The molecule has 1 aliphatic rings. The maximum Gasteiger partial charge on any atom is 0.227 e. The number of hydrogen-bond donors (Lipinski definition) is 1. The minimum absolute atomic E-state index is 0.0397. The highest BCUT2D eigenvalue weighted by Gasteiger charge is 2.31. The van der Waals surface area contributed by atoms with E-state index in [0.717, 1.165) is 25.8 Å². The molecule has 0 aliphatic carbocycles. The molecule has 3 atom stereocenters. The van der Waals surface area contributed by atoms with Gasteiger partial charge in [-0.15, -0.1) is 0 Å². The first-order valence-corrected chi connectivity index (χ1v) is 5.64. The Kier molecular flexibility index (Phi) is 3.93. The second-order valence-electron chi connectivity index (χ2n) is 4.38. The zero-order valence-corrected chi connectivity index (χ0v) is 9.49. The van der Waals surface area contributed by atoms with Gasteiger partial charge in [-0.2, -0.15) is 0 Å². The van der Waals surface area contributed by atoms with Crippen molar-refractivity contribution in [2.45, 2.75) is 52.1 Å². The maximum atomic E-state index is 12.0. The predicted molar refractivity (Wildman–Crippen MR) is 57.8 cm³/mol. The van der Waals surface area contributed by atoms with Crippen molar-refractivity contribution in [3.8, 4) is 0 Å². The van der Waals surface area contributed by atoms with Gasteiger partial charge in [-0.25, -0.2) is 0 Å². The number of carbonyl (C=O) groups is 1. The molecule has 3 nitrogen and oxygen atoms in total. The van der Waals surface area contributed by atoms with E-state index in [4.69, 9.17) is 5.73 Å². The molecule has 1 fully saturated rings. The molecule has 3 unspecified atom stereocenters. The normalized spacial score (nSPS) is 26.3. The zero-order chi connectivity index (χ0) is 10.7. The molecule has 1 aliphatic heterocycles. The van der Waals surface area contributed by atoms with Crippen LogP contribution in [0.2, 0.25) is 0 Å². The van der Waals surface area contributed by atoms with Gasteiger partial charge in [0.25, 0.3) is 0 Å². The second-order valence-corrected chi connectivity index (χ2v) is 4.38. The van der Waals surface area contributed by atoms with Crippen molar-refractivity contribution in [3.05, 3.63) is 0 Å². The monoisotopic (exact) mass is 198 g/mol. The quantitative estimate of drug-likeness (QED) is 0.744. The van der Waals surface area contributed by atoms with E-state index in [1.807, 2.05) is 18.7 Å². The highest BCUT2D eigenvalue weighted by Crippen LogP contribution is 2.22. The molecule has 1 amide bonds. The Morgan fingerprint density at radius 3 is 2.71 bits per heavy atom. The van der Waals surface area contributed by atoms with Crippen molar-refractivity contribution in [1.29, 1.82) is 0 Å². The molecule has 0 aromatic rings. The number of nitrogens with two attached hydrogens (primary N) is 1. The van der Waals surface area contributed by atoms with Gasteiger partial charge in [0.05, 0.1) is 5.92 Å². The zero-order valence-electron chi connectivity index (χ0n) is 9.49. The number of nitrogens with zero attached hydrogens (tertiary/aromatic N) is 1. The Labute approximate surface area is 86.6 Å². The summed E-state index contributed by atoms with van der Waals surface area (Å²) >= 11 is 0. The van der Waals surface area contributed by atoms with Crippen LogP contribution in [0.15, 0.2) is 0 Å². The number of likely N-dealkylation sites (tertiary alicyclic amines) is 1. The van der Waals surface area contributed by atoms with E-state index in [1.165, 1.54) is 0 Å². The Bertz CT molecular complexity index is 203. The average Bonchev–Trinajstić information content (AvgIpc) is 2.62. The Hall–Kier alpha value is -0.570. The smallest absolute Gasteiger partial charge is 0.227 e. The van der Waals surface area contributed by atoms with E-state index in [9.17, 15) is 4.79 Å². The summed E-state index contributed by atoms with van der Waals surface area (Å²) in [5, 5.41) is 0. The molecule has 82 valence electrons. The van der Waals surface area contributed by atoms with Crippen LogP contribution in [0.4, 0.5) is 0 Å². The number of amides is 1. The van der Waals surface area contributed by atoms with E-state index in [0.29, 0.717) is 6.04 Å². The van der Waals surface area contributed by atoms with Gasteiger partial charge >= 0.3 is 0 Å². The van der Waals surface area contributed by atoms with Crippen molar-refractivity contribution >= 4 is 5.91 Å². The van der Waals surface area contributed by atoms with Gasteiger partial charge in [-0.1, -0.05) is 13.8 Å². The van der Waals surface area contributed by atoms with Crippen LogP contribution in [0.1, 0.15) is 40.0 Å². The van der Waals surface area contributed by atoms with E-state index in [1.54, 1.807) is 0 Å². The summed E-state index contributed by atoms with van der Waals surface area (Å²) in [6.07, 6.45) is 3.38. The fourth-order valence-electron chi connectivity index (χ4n) is 2.04. The van der Waals surface area contributed by atoms with E-state index in [2.05, 4.69) is 6.92 Å². The summed E-state index contributed by atoms with van der Waals surface area (Å²) in [6, 6.07) is 0.421. The molecule has 0 aromatic carbocycles. The van der Waals surface area contributed by atoms with Gasteiger partial charge in [0.15, 0.2) is 0 Å². The van der Waals surface area contributed by atoms with Gasteiger partial charge in [0.1, 0.15) is 0 Å². The third-order valence-electron chi connectivity index (χ3n) is 3.31. The molecule has 14 heavy (non-hydrogen) atoms. The molecule has 1 heterocycles.